The summed E-state index contributed by atoms with van der Waals surface area (Å²) in [5.41, 5.74) is 1.14. The molecule has 2 saturated heterocycles. The summed E-state index contributed by atoms with van der Waals surface area (Å²) in [6, 6.07) is 6.80. The first-order valence-electron chi connectivity index (χ1n) is 9.21. The highest BCUT2D eigenvalue weighted by molar-refractivity contribution is 7.89. The zero-order valence-corrected chi connectivity index (χ0v) is 17.2. The van der Waals surface area contributed by atoms with Crippen LogP contribution in [-0.2, 0) is 26.0 Å². The Balaban J connectivity index is 0.00000261. The Kier molecular flexibility index (Phi) is 8.05. The Morgan fingerprint density at radius 2 is 1.85 bits per heavy atom. The van der Waals surface area contributed by atoms with Crippen molar-refractivity contribution < 1.29 is 17.9 Å². The number of ether oxygens (including phenoxy) is 1. The minimum Gasteiger partial charge on any atom is -0.378 e. The molecule has 3 rings (SSSR count). The highest BCUT2D eigenvalue weighted by atomic mass is 35.5. The van der Waals surface area contributed by atoms with E-state index in [1.807, 2.05) is 12.1 Å². The van der Waals surface area contributed by atoms with Gasteiger partial charge in [-0.15, -0.1) is 12.4 Å². The van der Waals surface area contributed by atoms with Gasteiger partial charge >= 0.3 is 0 Å². The molecule has 1 unspecified atom stereocenters. The van der Waals surface area contributed by atoms with Gasteiger partial charge in [-0.3, -0.25) is 4.79 Å². The molecule has 7 nitrogen and oxygen atoms in total. The summed E-state index contributed by atoms with van der Waals surface area (Å²) in [5, 5.41) is 3.15. The van der Waals surface area contributed by atoms with E-state index in [2.05, 4.69) is 12.2 Å². The first kappa shape index (κ1) is 22.1. The van der Waals surface area contributed by atoms with Crippen LogP contribution < -0.4 is 5.32 Å². The number of nitrogens with one attached hydrogen (secondary N) is 1. The summed E-state index contributed by atoms with van der Waals surface area (Å²) in [6.45, 7) is 5.21. The lowest BCUT2D eigenvalue weighted by atomic mass is 10.1. The van der Waals surface area contributed by atoms with Gasteiger partial charge in [0.2, 0.25) is 15.9 Å². The van der Waals surface area contributed by atoms with Crippen molar-refractivity contribution in [2.24, 2.45) is 0 Å². The normalized spacial score (nSPS) is 21.5. The molecule has 2 heterocycles. The number of carbonyl (C=O) groups excluding carboxylic acids is 1. The van der Waals surface area contributed by atoms with Crippen LogP contribution in [0.25, 0.3) is 0 Å². The number of rotatable bonds is 5. The Morgan fingerprint density at radius 3 is 2.41 bits per heavy atom. The molecular formula is C18H28ClN3O4S. The molecule has 2 aliphatic rings. The van der Waals surface area contributed by atoms with Crippen molar-refractivity contribution in [3.63, 3.8) is 0 Å². The fourth-order valence-electron chi connectivity index (χ4n) is 3.36. The Morgan fingerprint density at radius 1 is 1.19 bits per heavy atom. The van der Waals surface area contributed by atoms with Gasteiger partial charge in [0.05, 0.1) is 18.1 Å². The van der Waals surface area contributed by atoms with E-state index in [0.29, 0.717) is 50.8 Å². The molecule has 0 bridgehead atoms. The quantitative estimate of drug-likeness (QED) is 0.769. The minimum absolute atomic E-state index is 0. The van der Waals surface area contributed by atoms with Crippen LogP contribution in [0.5, 0.6) is 0 Å². The van der Waals surface area contributed by atoms with E-state index < -0.39 is 10.0 Å². The number of hydrogen-bond donors (Lipinski definition) is 1. The van der Waals surface area contributed by atoms with E-state index in [1.165, 1.54) is 4.31 Å². The lowest BCUT2D eigenvalue weighted by Gasteiger charge is -2.36. The lowest BCUT2D eigenvalue weighted by molar-refractivity contribution is -0.137. The third-order valence-electron chi connectivity index (χ3n) is 4.87. The standard InChI is InChI=1S/C18H27N3O4S.ClH/c1-2-3-15-4-6-16(7-5-15)26(23,24)21-11-9-20(10-12-21)18(22)17-14-25-13-8-19-17;/h4-7,17,19H,2-3,8-14H2,1H3;1H. The van der Waals surface area contributed by atoms with Gasteiger partial charge in [-0.2, -0.15) is 4.31 Å². The second-order valence-corrected chi connectivity index (χ2v) is 8.64. The molecule has 0 aromatic heterocycles. The maximum Gasteiger partial charge on any atom is 0.243 e. The fourth-order valence-corrected chi connectivity index (χ4v) is 4.78. The van der Waals surface area contributed by atoms with Gasteiger partial charge in [0, 0.05) is 32.7 Å². The van der Waals surface area contributed by atoms with E-state index >= 15 is 0 Å². The predicted molar refractivity (Wildman–Crippen MR) is 106 cm³/mol. The van der Waals surface area contributed by atoms with Crippen LogP contribution in [0.1, 0.15) is 18.9 Å². The summed E-state index contributed by atoms with van der Waals surface area (Å²) in [4.78, 5) is 14.5. The van der Waals surface area contributed by atoms with Crippen molar-refractivity contribution in [1.29, 1.82) is 0 Å². The van der Waals surface area contributed by atoms with Gasteiger partial charge in [0.15, 0.2) is 0 Å². The second kappa shape index (κ2) is 9.84. The highest BCUT2D eigenvalue weighted by Gasteiger charge is 2.33. The summed E-state index contributed by atoms with van der Waals surface area (Å²) in [7, 11) is -3.51. The molecule has 0 saturated carbocycles. The molecule has 1 N–H and O–H groups in total. The number of aryl methyl sites for hydroxylation is 1. The molecule has 1 atom stereocenters. The van der Waals surface area contributed by atoms with Crippen molar-refractivity contribution in [2.45, 2.75) is 30.7 Å². The SMILES string of the molecule is CCCc1ccc(S(=O)(=O)N2CCN(C(=O)C3COCCN3)CC2)cc1.Cl. The van der Waals surface area contributed by atoms with E-state index in [4.69, 9.17) is 4.74 Å². The second-order valence-electron chi connectivity index (χ2n) is 6.70. The van der Waals surface area contributed by atoms with Crippen LogP contribution in [0, 0.1) is 0 Å². The number of nitrogens with zero attached hydrogens (tertiary/aromatic N) is 2. The molecule has 9 heteroatoms. The summed E-state index contributed by atoms with van der Waals surface area (Å²) in [5.74, 6) is -0.00864. The van der Waals surface area contributed by atoms with Gasteiger partial charge in [-0.25, -0.2) is 8.42 Å². The molecule has 1 aromatic carbocycles. The van der Waals surface area contributed by atoms with Crippen LogP contribution in [0.2, 0.25) is 0 Å². The molecule has 152 valence electrons. The molecular weight excluding hydrogens is 390 g/mol. The molecule has 27 heavy (non-hydrogen) atoms. The third kappa shape index (κ3) is 5.20. The minimum atomic E-state index is -3.51. The van der Waals surface area contributed by atoms with Gasteiger partial charge in [-0.1, -0.05) is 25.5 Å². The molecule has 0 aliphatic carbocycles. The van der Waals surface area contributed by atoms with Gasteiger partial charge < -0.3 is 15.0 Å². The molecule has 1 aromatic rings. The Bertz CT molecular complexity index is 713. The smallest absolute Gasteiger partial charge is 0.243 e. The van der Waals surface area contributed by atoms with E-state index in [-0.39, 0.29) is 24.4 Å². The number of hydrogen-bond acceptors (Lipinski definition) is 5. The summed E-state index contributed by atoms with van der Waals surface area (Å²) in [6.07, 6.45) is 1.98. The lowest BCUT2D eigenvalue weighted by Crippen LogP contribution is -2.57. The topological polar surface area (TPSA) is 79.0 Å². The number of carbonyl (C=O) groups is 1. The van der Waals surface area contributed by atoms with Gasteiger partial charge in [0.25, 0.3) is 0 Å². The number of amides is 1. The monoisotopic (exact) mass is 417 g/mol. The average Bonchev–Trinajstić information content (AvgIpc) is 2.69. The number of piperazine rings is 1. The predicted octanol–water partition coefficient (Wildman–Crippen LogP) is 0.882. The Hall–Kier alpha value is -1.19. The van der Waals surface area contributed by atoms with Crippen LogP contribution in [0.4, 0.5) is 0 Å². The van der Waals surface area contributed by atoms with Crippen LogP contribution in [0.15, 0.2) is 29.2 Å². The summed E-state index contributed by atoms with van der Waals surface area (Å²) < 4.78 is 32.5. The molecule has 0 radical (unpaired) electrons. The number of halogens is 1. The Labute approximate surface area is 167 Å². The van der Waals surface area contributed by atoms with Gasteiger partial charge in [0.1, 0.15) is 6.04 Å². The van der Waals surface area contributed by atoms with E-state index in [1.54, 1.807) is 17.0 Å². The van der Waals surface area contributed by atoms with Crippen molar-refractivity contribution in [3.05, 3.63) is 29.8 Å². The van der Waals surface area contributed by atoms with Crippen molar-refractivity contribution >= 4 is 28.3 Å². The fraction of sp³-hybridized carbons (Fsp3) is 0.611. The molecule has 2 fully saturated rings. The third-order valence-corrected chi connectivity index (χ3v) is 6.78. The van der Waals surface area contributed by atoms with Crippen molar-refractivity contribution in [2.75, 3.05) is 45.9 Å². The van der Waals surface area contributed by atoms with Crippen molar-refractivity contribution in [1.82, 2.24) is 14.5 Å². The van der Waals surface area contributed by atoms with Crippen LogP contribution in [0.3, 0.4) is 0 Å². The van der Waals surface area contributed by atoms with Crippen LogP contribution >= 0.6 is 12.4 Å². The average molecular weight is 418 g/mol. The van der Waals surface area contributed by atoms with Crippen LogP contribution in [-0.4, -0.2) is 75.5 Å². The molecule has 0 spiro atoms. The highest BCUT2D eigenvalue weighted by Crippen LogP contribution is 2.19. The first-order valence-corrected chi connectivity index (χ1v) is 10.7. The maximum absolute atomic E-state index is 12.8. The number of benzene rings is 1. The summed E-state index contributed by atoms with van der Waals surface area (Å²) >= 11 is 0. The van der Waals surface area contributed by atoms with Crippen molar-refractivity contribution in [3.8, 4) is 0 Å². The van der Waals surface area contributed by atoms with E-state index in [9.17, 15) is 13.2 Å². The van der Waals surface area contributed by atoms with Gasteiger partial charge in [-0.05, 0) is 24.1 Å². The molecule has 1 amide bonds. The molecule has 2 aliphatic heterocycles. The maximum atomic E-state index is 12.8. The number of morpholine rings is 1. The largest absolute Gasteiger partial charge is 0.378 e. The zero-order valence-electron chi connectivity index (χ0n) is 15.6. The van der Waals surface area contributed by atoms with E-state index in [0.717, 1.165) is 18.4 Å². The number of sulfonamides is 1. The first-order chi connectivity index (χ1) is 12.5. The zero-order chi connectivity index (χ0) is 18.6.